The third kappa shape index (κ3) is 1.62. The summed E-state index contributed by atoms with van der Waals surface area (Å²) in [6, 6.07) is 7.13. The van der Waals surface area contributed by atoms with Crippen LogP contribution in [-0.2, 0) is 10.0 Å². The van der Waals surface area contributed by atoms with Gasteiger partial charge in [-0.3, -0.25) is 0 Å². The van der Waals surface area contributed by atoms with E-state index in [0.29, 0.717) is 29.3 Å². The van der Waals surface area contributed by atoms with Crippen molar-refractivity contribution in [1.82, 2.24) is 4.31 Å². The Labute approximate surface area is 109 Å². The molecule has 1 aromatic rings. The third-order valence-corrected chi connectivity index (χ3v) is 6.57. The van der Waals surface area contributed by atoms with Crippen LogP contribution in [0.4, 0.5) is 0 Å². The minimum absolute atomic E-state index is 0.303. The Morgan fingerprint density at radius 3 is 2.28 bits per heavy atom. The topological polar surface area (TPSA) is 37.4 Å². The monoisotopic (exact) mass is 265 g/mol. The van der Waals surface area contributed by atoms with Crippen molar-refractivity contribution in [2.45, 2.75) is 31.6 Å². The molecule has 2 aliphatic rings. The molecule has 18 heavy (non-hydrogen) atoms. The molecule has 1 atom stereocenters. The van der Waals surface area contributed by atoms with Crippen LogP contribution in [0.2, 0.25) is 0 Å². The minimum Gasteiger partial charge on any atom is -0.207 e. The van der Waals surface area contributed by atoms with Gasteiger partial charge in [-0.1, -0.05) is 24.6 Å². The molecule has 0 bridgehead atoms. The highest BCUT2D eigenvalue weighted by molar-refractivity contribution is 7.89. The van der Waals surface area contributed by atoms with Gasteiger partial charge in [0.25, 0.3) is 0 Å². The second-order valence-electron chi connectivity index (χ2n) is 5.89. The van der Waals surface area contributed by atoms with Crippen LogP contribution >= 0.6 is 0 Å². The highest BCUT2D eigenvalue weighted by atomic mass is 32.2. The number of aryl methyl sites for hydroxylation is 1. The number of benzene rings is 1. The van der Waals surface area contributed by atoms with E-state index >= 15 is 0 Å². The van der Waals surface area contributed by atoms with Crippen LogP contribution in [0.15, 0.2) is 29.2 Å². The summed E-state index contributed by atoms with van der Waals surface area (Å²) < 4.78 is 26.4. The van der Waals surface area contributed by atoms with Crippen LogP contribution in [0.1, 0.15) is 25.3 Å². The second-order valence-corrected chi connectivity index (χ2v) is 7.83. The molecular weight excluding hydrogens is 246 g/mol. The standard InChI is InChI=1S/C14H19NO2S/c1-11-3-5-13(6-4-11)18(16,17)15-9-14(10-15)8-7-12(14)2/h3-6,12H,7-10H2,1-2H3. The Morgan fingerprint density at radius 1 is 1.22 bits per heavy atom. The van der Waals surface area contributed by atoms with Crippen molar-refractivity contribution in [1.29, 1.82) is 0 Å². The van der Waals surface area contributed by atoms with E-state index in [0.717, 1.165) is 5.56 Å². The van der Waals surface area contributed by atoms with Gasteiger partial charge in [0.1, 0.15) is 0 Å². The van der Waals surface area contributed by atoms with E-state index in [-0.39, 0.29) is 0 Å². The van der Waals surface area contributed by atoms with Crippen LogP contribution < -0.4 is 0 Å². The summed E-state index contributed by atoms with van der Waals surface area (Å²) in [6.07, 6.45) is 2.44. The van der Waals surface area contributed by atoms with Crippen LogP contribution in [-0.4, -0.2) is 25.8 Å². The van der Waals surface area contributed by atoms with Gasteiger partial charge in [-0.05, 0) is 37.8 Å². The number of hydrogen-bond acceptors (Lipinski definition) is 2. The van der Waals surface area contributed by atoms with Gasteiger partial charge in [0, 0.05) is 18.5 Å². The summed E-state index contributed by atoms with van der Waals surface area (Å²) in [4.78, 5) is 0.426. The van der Waals surface area contributed by atoms with E-state index in [1.54, 1.807) is 16.4 Å². The van der Waals surface area contributed by atoms with Crippen molar-refractivity contribution in [3.8, 4) is 0 Å². The molecule has 2 fully saturated rings. The molecule has 0 amide bonds. The average molecular weight is 265 g/mol. The van der Waals surface area contributed by atoms with Gasteiger partial charge in [0.05, 0.1) is 4.90 Å². The first kappa shape index (κ1) is 12.2. The van der Waals surface area contributed by atoms with E-state index in [4.69, 9.17) is 0 Å². The number of rotatable bonds is 2. The first-order valence-electron chi connectivity index (χ1n) is 6.51. The van der Waals surface area contributed by atoms with Gasteiger partial charge in [-0.2, -0.15) is 4.31 Å². The Kier molecular flexibility index (Phi) is 2.58. The molecule has 0 N–H and O–H groups in total. The molecule has 1 unspecified atom stereocenters. The second kappa shape index (κ2) is 3.81. The summed E-state index contributed by atoms with van der Waals surface area (Å²) >= 11 is 0. The highest BCUT2D eigenvalue weighted by Gasteiger charge is 2.55. The zero-order valence-electron chi connectivity index (χ0n) is 10.9. The maximum atomic E-state index is 12.4. The molecule has 1 saturated carbocycles. The molecule has 1 aromatic carbocycles. The smallest absolute Gasteiger partial charge is 0.207 e. The lowest BCUT2D eigenvalue weighted by Crippen LogP contribution is -2.64. The van der Waals surface area contributed by atoms with Crippen molar-refractivity contribution in [2.75, 3.05) is 13.1 Å². The molecule has 98 valence electrons. The molecule has 0 aromatic heterocycles. The zero-order chi connectivity index (χ0) is 13.0. The number of nitrogens with zero attached hydrogens (tertiary/aromatic N) is 1. The maximum absolute atomic E-state index is 12.4. The van der Waals surface area contributed by atoms with Gasteiger partial charge in [-0.25, -0.2) is 8.42 Å². The summed E-state index contributed by atoms with van der Waals surface area (Å²) in [5, 5.41) is 0. The molecule has 1 aliphatic carbocycles. The van der Waals surface area contributed by atoms with Crippen molar-refractivity contribution >= 4 is 10.0 Å². The van der Waals surface area contributed by atoms with Gasteiger partial charge >= 0.3 is 0 Å². The van der Waals surface area contributed by atoms with Gasteiger partial charge in [-0.15, -0.1) is 0 Å². The lowest BCUT2D eigenvalue weighted by atomic mass is 9.57. The Balaban J connectivity index is 1.79. The molecular formula is C14H19NO2S. The van der Waals surface area contributed by atoms with E-state index < -0.39 is 10.0 Å². The first-order valence-corrected chi connectivity index (χ1v) is 7.95. The van der Waals surface area contributed by atoms with Crippen LogP contribution in [0, 0.1) is 18.3 Å². The Morgan fingerprint density at radius 2 is 1.83 bits per heavy atom. The van der Waals surface area contributed by atoms with Gasteiger partial charge in [0.15, 0.2) is 0 Å². The third-order valence-electron chi connectivity index (χ3n) is 4.76. The highest BCUT2D eigenvalue weighted by Crippen LogP contribution is 2.53. The van der Waals surface area contributed by atoms with E-state index in [9.17, 15) is 8.42 Å². The predicted octanol–water partition coefficient (Wildman–Crippen LogP) is 2.42. The lowest BCUT2D eigenvalue weighted by molar-refractivity contribution is -0.0652. The van der Waals surface area contributed by atoms with Crippen LogP contribution in [0.3, 0.4) is 0 Å². The fourth-order valence-corrected chi connectivity index (χ4v) is 4.63. The van der Waals surface area contributed by atoms with Gasteiger partial charge < -0.3 is 0 Å². The fraction of sp³-hybridized carbons (Fsp3) is 0.571. The molecule has 4 heteroatoms. The molecule has 1 aliphatic heterocycles. The van der Waals surface area contributed by atoms with Crippen molar-refractivity contribution in [2.24, 2.45) is 11.3 Å². The molecule has 0 radical (unpaired) electrons. The van der Waals surface area contributed by atoms with Crippen molar-refractivity contribution < 1.29 is 8.42 Å². The van der Waals surface area contributed by atoms with Gasteiger partial charge in [0.2, 0.25) is 10.0 Å². The Hall–Kier alpha value is -0.870. The average Bonchev–Trinajstić information content (AvgIpc) is 2.25. The summed E-state index contributed by atoms with van der Waals surface area (Å²) in [5.41, 5.74) is 1.39. The Bertz CT molecular complexity index is 556. The van der Waals surface area contributed by atoms with Crippen LogP contribution in [0.5, 0.6) is 0 Å². The van der Waals surface area contributed by atoms with Crippen molar-refractivity contribution in [3.63, 3.8) is 0 Å². The van der Waals surface area contributed by atoms with E-state index in [1.807, 2.05) is 19.1 Å². The lowest BCUT2D eigenvalue weighted by Gasteiger charge is -2.59. The normalized spacial score (nSPS) is 26.7. The van der Waals surface area contributed by atoms with E-state index in [1.165, 1.54) is 12.8 Å². The molecule has 1 heterocycles. The SMILES string of the molecule is Cc1ccc(S(=O)(=O)N2CC3(CCC3C)C2)cc1. The van der Waals surface area contributed by atoms with E-state index in [2.05, 4.69) is 6.92 Å². The maximum Gasteiger partial charge on any atom is 0.243 e. The minimum atomic E-state index is -3.26. The number of hydrogen-bond donors (Lipinski definition) is 0. The largest absolute Gasteiger partial charge is 0.243 e. The zero-order valence-corrected chi connectivity index (χ0v) is 11.7. The quantitative estimate of drug-likeness (QED) is 0.823. The summed E-state index contributed by atoms with van der Waals surface area (Å²) in [7, 11) is -3.26. The summed E-state index contributed by atoms with van der Waals surface area (Å²) in [6.45, 7) is 5.62. The summed E-state index contributed by atoms with van der Waals surface area (Å²) in [5.74, 6) is 0.682. The number of sulfonamides is 1. The predicted molar refractivity (Wildman–Crippen MR) is 70.8 cm³/mol. The molecule has 1 saturated heterocycles. The fourth-order valence-electron chi connectivity index (χ4n) is 3.00. The van der Waals surface area contributed by atoms with Crippen LogP contribution in [0.25, 0.3) is 0 Å². The molecule has 1 spiro atoms. The first-order chi connectivity index (χ1) is 8.44. The molecule has 3 nitrogen and oxygen atoms in total. The van der Waals surface area contributed by atoms with Crippen molar-refractivity contribution in [3.05, 3.63) is 29.8 Å². The molecule has 3 rings (SSSR count).